The number of nitrogens with zero attached hydrogens (tertiary/aromatic N) is 1. The summed E-state index contributed by atoms with van der Waals surface area (Å²) in [7, 11) is 0. The molecule has 1 aliphatic heterocycles. The molecule has 0 fully saturated rings. The van der Waals surface area contributed by atoms with Crippen LogP contribution in [0.1, 0.15) is 25.3 Å². The second kappa shape index (κ2) is 7.22. The predicted molar refractivity (Wildman–Crippen MR) is 88.4 cm³/mol. The summed E-state index contributed by atoms with van der Waals surface area (Å²) in [6.07, 6.45) is -5.10. The fourth-order valence-corrected chi connectivity index (χ4v) is 3.01. The molecule has 10 heteroatoms. The fraction of sp³-hybridized carbons (Fsp3) is 0.294. The number of hydrogen-bond donors (Lipinski definition) is 3. The van der Waals surface area contributed by atoms with Gasteiger partial charge in [-0.2, -0.15) is 13.2 Å². The number of rotatable bonds is 4. The van der Waals surface area contributed by atoms with E-state index in [1.807, 2.05) is 0 Å². The Hall–Kier alpha value is -3.17. The van der Waals surface area contributed by atoms with Crippen LogP contribution in [-0.4, -0.2) is 39.9 Å². The van der Waals surface area contributed by atoms with E-state index in [1.54, 1.807) is 5.32 Å². The highest BCUT2D eigenvalue weighted by molar-refractivity contribution is 6.06. The van der Waals surface area contributed by atoms with Crippen molar-refractivity contribution in [2.24, 2.45) is 10.9 Å². The molecule has 1 heterocycles. The molecule has 3 N–H and O–H groups in total. The summed E-state index contributed by atoms with van der Waals surface area (Å²) in [4.78, 5) is 38.5. The number of alkyl halides is 3. The van der Waals surface area contributed by atoms with Gasteiger partial charge in [-0.25, -0.2) is 4.79 Å². The minimum atomic E-state index is -5.10. The van der Waals surface area contributed by atoms with Crippen LogP contribution in [0.3, 0.4) is 0 Å². The van der Waals surface area contributed by atoms with E-state index in [1.165, 1.54) is 32.0 Å². The molecule has 2 rings (SSSR count). The normalized spacial score (nSPS) is 20.1. The molecule has 1 amide bonds. The average molecular weight is 384 g/mol. The maximum atomic E-state index is 12.4. The molecule has 27 heavy (non-hydrogen) atoms. The minimum absolute atomic E-state index is 0.104. The zero-order valence-corrected chi connectivity index (χ0v) is 14.2. The Labute approximate surface area is 151 Å². The molecule has 144 valence electrons. The van der Waals surface area contributed by atoms with Gasteiger partial charge in [0.25, 0.3) is 0 Å². The van der Waals surface area contributed by atoms with Gasteiger partial charge in [0.1, 0.15) is 5.92 Å². The number of amides is 1. The zero-order valence-electron chi connectivity index (χ0n) is 14.2. The number of halogens is 3. The third kappa shape index (κ3) is 4.15. The van der Waals surface area contributed by atoms with E-state index in [0.717, 1.165) is 6.07 Å². The smallest absolute Gasteiger partial charge is 0.471 e. The van der Waals surface area contributed by atoms with Gasteiger partial charge in [0, 0.05) is 23.0 Å². The molecule has 0 aliphatic carbocycles. The van der Waals surface area contributed by atoms with Crippen LogP contribution in [0.15, 0.2) is 40.5 Å². The van der Waals surface area contributed by atoms with E-state index in [0.29, 0.717) is 0 Å². The Morgan fingerprint density at radius 3 is 2.30 bits per heavy atom. The summed E-state index contributed by atoms with van der Waals surface area (Å²) in [5.41, 5.74) is -0.103. The maximum Gasteiger partial charge on any atom is 0.471 e. The zero-order chi connectivity index (χ0) is 20.5. The summed E-state index contributed by atoms with van der Waals surface area (Å²) in [5, 5.41) is 20.7. The lowest BCUT2D eigenvalue weighted by Crippen LogP contribution is -2.35. The summed E-state index contributed by atoms with van der Waals surface area (Å²) < 4.78 is 37.3. The van der Waals surface area contributed by atoms with Gasteiger partial charge < -0.3 is 15.5 Å². The van der Waals surface area contributed by atoms with Crippen molar-refractivity contribution in [2.45, 2.75) is 25.9 Å². The van der Waals surface area contributed by atoms with E-state index < -0.39 is 35.9 Å². The number of allylic oxidation sites excluding steroid dienone is 1. The number of anilines is 1. The number of carboxylic acids is 2. The number of nitrogens with one attached hydrogen (secondary N) is 1. The standard InChI is InChI=1S/C17H15F3N2O5/c1-7-11(14(23)24)13(12(15(25)26)8(2)21-7)9-4-3-5-10(6-9)22-16(27)17(18,19)20/h3-6,11,13H,1-2H3,(H,22,27)(H,23,24)(H,25,26). The second-order valence-electron chi connectivity index (χ2n) is 5.93. The number of aliphatic carboxylic acids is 2. The van der Waals surface area contributed by atoms with Crippen LogP contribution in [0.25, 0.3) is 0 Å². The Morgan fingerprint density at radius 1 is 1.15 bits per heavy atom. The van der Waals surface area contributed by atoms with E-state index in [9.17, 15) is 37.8 Å². The van der Waals surface area contributed by atoms with E-state index in [4.69, 9.17) is 0 Å². The number of carbonyl (C=O) groups excluding carboxylic acids is 1. The van der Waals surface area contributed by atoms with Crippen molar-refractivity contribution >= 4 is 29.2 Å². The third-order valence-corrected chi connectivity index (χ3v) is 4.09. The highest BCUT2D eigenvalue weighted by Gasteiger charge is 2.42. The summed E-state index contributed by atoms with van der Waals surface area (Å²) >= 11 is 0. The first-order chi connectivity index (χ1) is 12.4. The number of hydrogen-bond acceptors (Lipinski definition) is 4. The summed E-state index contributed by atoms with van der Waals surface area (Å²) in [5.74, 6) is -7.39. The maximum absolute atomic E-state index is 12.4. The van der Waals surface area contributed by atoms with Gasteiger partial charge in [0.15, 0.2) is 0 Å². The van der Waals surface area contributed by atoms with Gasteiger partial charge in [-0.3, -0.25) is 14.6 Å². The largest absolute Gasteiger partial charge is 0.481 e. The minimum Gasteiger partial charge on any atom is -0.481 e. The van der Waals surface area contributed by atoms with Crippen LogP contribution in [-0.2, 0) is 14.4 Å². The van der Waals surface area contributed by atoms with Crippen LogP contribution in [0.4, 0.5) is 18.9 Å². The van der Waals surface area contributed by atoms with Crippen molar-refractivity contribution in [1.29, 1.82) is 0 Å². The van der Waals surface area contributed by atoms with Crippen LogP contribution in [0.2, 0.25) is 0 Å². The Morgan fingerprint density at radius 2 is 1.78 bits per heavy atom. The van der Waals surface area contributed by atoms with Crippen LogP contribution >= 0.6 is 0 Å². The second-order valence-corrected chi connectivity index (χ2v) is 5.93. The van der Waals surface area contributed by atoms with Gasteiger partial charge >= 0.3 is 24.0 Å². The lowest BCUT2D eigenvalue weighted by molar-refractivity contribution is -0.167. The van der Waals surface area contributed by atoms with E-state index in [2.05, 4.69) is 4.99 Å². The fourth-order valence-electron chi connectivity index (χ4n) is 3.01. The Balaban J connectivity index is 2.54. The Kier molecular flexibility index (Phi) is 5.38. The van der Waals surface area contributed by atoms with Crippen molar-refractivity contribution in [1.82, 2.24) is 0 Å². The molecule has 0 aromatic heterocycles. The van der Waals surface area contributed by atoms with Crippen LogP contribution < -0.4 is 5.32 Å². The molecule has 2 atom stereocenters. The van der Waals surface area contributed by atoms with Gasteiger partial charge in [-0.1, -0.05) is 12.1 Å². The number of carboxylic acid groups (broad SMARTS) is 2. The molecular weight excluding hydrogens is 369 g/mol. The highest BCUT2D eigenvalue weighted by atomic mass is 19.4. The highest BCUT2D eigenvalue weighted by Crippen LogP contribution is 2.39. The van der Waals surface area contributed by atoms with Crippen molar-refractivity contribution < 1.29 is 37.8 Å². The third-order valence-electron chi connectivity index (χ3n) is 4.09. The number of benzene rings is 1. The molecule has 0 saturated carbocycles. The first-order valence-electron chi connectivity index (χ1n) is 7.63. The van der Waals surface area contributed by atoms with Crippen LogP contribution in [0, 0.1) is 5.92 Å². The summed E-state index contributed by atoms with van der Waals surface area (Å²) in [6.45, 7) is 2.84. The first-order valence-corrected chi connectivity index (χ1v) is 7.63. The molecule has 7 nitrogen and oxygen atoms in total. The van der Waals surface area contributed by atoms with Crippen molar-refractivity contribution in [3.05, 3.63) is 41.1 Å². The van der Waals surface area contributed by atoms with Gasteiger partial charge in [0.2, 0.25) is 0 Å². The average Bonchev–Trinajstić information content (AvgIpc) is 2.52. The van der Waals surface area contributed by atoms with Gasteiger partial charge in [0.05, 0.1) is 5.57 Å². The summed E-state index contributed by atoms with van der Waals surface area (Å²) in [6, 6.07) is 5.00. The van der Waals surface area contributed by atoms with Crippen molar-refractivity contribution in [2.75, 3.05) is 5.32 Å². The lowest BCUT2D eigenvalue weighted by Gasteiger charge is -2.29. The molecule has 0 radical (unpaired) electrons. The van der Waals surface area contributed by atoms with Gasteiger partial charge in [-0.15, -0.1) is 0 Å². The molecule has 0 spiro atoms. The topological polar surface area (TPSA) is 116 Å². The van der Waals surface area contributed by atoms with Gasteiger partial charge in [-0.05, 0) is 31.5 Å². The lowest BCUT2D eigenvalue weighted by atomic mass is 9.75. The quantitative estimate of drug-likeness (QED) is 0.738. The molecule has 1 aromatic rings. The predicted octanol–water partition coefficient (Wildman–Crippen LogP) is 2.80. The monoisotopic (exact) mass is 384 g/mol. The van der Waals surface area contributed by atoms with Crippen molar-refractivity contribution in [3.63, 3.8) is 0 Å². The van der Waals surface area contributed by atoms with E-state index >= 15 is 0 Å². The molecule has 1 aliphatic rings. The number of carbonyl (C=O) groups is 3. The molecule has 2 unspecified atom stereocenters. The van der Waals surface area contributed by atoms with Crippen LogP contribution in [0.5, 0.6) is 0 Å². The molecular formula is C17H15F3N2O5. The molecule has 0 saturated heterocycles. The van der Waals surface area contributed by atoms with E-state index in [-0.39, 0.29) is 28.2 Å². The first kappa shape index (κ1) is 20.1. The SMILES string of the molecule is CC1=NC(C)=C(C(=O)O)C(c2cccc(NC(=O)C(F)(F)F)c2)C1C(=O)O. The number of aliphatic imine (C=N–C) groups is 1. The molecule has 1 aromatic carbocycles. The van der Waals surface area contributed by atoms with Crippen molar-refractivity contribution in [3.8, 4) is 0 Å². The molecule has 0 bridgehead atoms. The Bertz CT molecular complexity index is 874.